The second kappa shape index (κ2) is 8.00. The summed E-state index contributed by atoms with van der Waals surface area (Å²) < 4.78 is 5.99. The number of hydrogen-bond acceptors (Lipinski definition) is 2. The van der Waals surface area contributed by atoms with Crippen LogP contribution in [0.15, 0.2) is 71.7 Å². The van der Waals surface area contributed by atoms with Crippen molar-refractivity contribution in [3.63, 3.8) is 0 Å². The summed E-state index contributed by atoms with van der Waals surface area (Å²) in [5.74, 6) is 0.812. The lowest BCUT2D eigenvalue weighted by Gasteiger charge is -2.09. The van der Waals surface area contributed by atoms with E-state index in [-0.39, 0.29) is 0 Å². The van der Waals surface area contributed by atoms with Crippen molar-refractivity contribution < 1.29 is 4.74 Å². The smallest absolute Gasteiger partial charge is 0.128 e. The maximum Gasteiger partial charge on any atom is 0.128 e. The first-order chi connectivity index (χ1) is 12.1. The van der Waals surface area contributed by atoms with Gasteiger partial charge in [-0.05, 0) is 49.2 Å². The van der Waals surface area contributed by atoms with Crippen molar-refractivity contribution >= 4 is 23.5 Å². The number of ether oxygens (including phenoxy) is 1. The molecule has 0 bridgehead atoms. The molecular formula is C22H20ClNO. The molecule has 25 heavy (non-hydrogen) atoms. The van der Waals surface area contributed by atoms with Crippen LogP contribution in [0.3, 0.4) is 0 Å². The molecule has 0 fully saturated rings. The predicted molar refractivity (Wildman–Crippen MR) is 105 cm³/mol. The molecule has 0 saturated heterocycles. The highest BCUT2D eigenvalue weighted by Crippen LogP contribution is 2.26. The fourth-order valence-electron chi connectivity index (χ4n) is 2.44. The Labute approximate surface area is 153 Å². The molecule has 0 N–H and O–H groups in total. The van der Waals surface area contributed by atoms with Gasteiger partial charge in [0.25, 0.3) is 0 Å². The minimum absolute atomic E-state index is 0.529. The van der Waals surface area contributed by atoms with Gasteiger partial charge < -0.3 is 4.74 Å². The number of aliphatic imine (C=N–C) groups is 1. The number of rotatable bonds is 5. The summed E-state index contributed by atoms with van der Waals surface area (Å²) in [6.07, 6.45) is 1.82. The number of benzene rings is 3. The third kappa shape index (κ3) is 4.49. The van der Waals surface area contributed by atoms with Crippen LogP contribution in [0, 0.1) is 13.8 Å². The predicted octanol–water partition coefficient (Wildman–Crippen LogP) is 6.29. The van der Waals surface area contributed by atoms with Gasteiger partial charge in [0.1, 0.15) is 12.4 Å². The molecule has 2 nitrogen and oxygen atoms in total. The van der Waals surface area contributed by atoms with Crippen LogP contribution in [-0.4, -0.2) is 6.21 Å². The van der Waals surface area contributed by atoms with Gasteiger partial charge in [-0.1, -0.05) is 59.6 Å². The Bertz CT molecular complexity index is 885. The van der Waals surface area contributed by atoms with Crippen molar-refractivity contribution in [3.8, 4) is 5.75 Å². The molecule has 3 heteroatoms. The van der Waals surface area contributed by atoms with Crippen molar-refractivity contribution in [2.45, 2.75) is 20.5 Å². The van der Waals surface area contributed by atoms with Crippen LogP contribution < -0.4 is 4.74 Å². The van der Waals surface area contributed by atoms with E-state index >= 15 is 0 Å². The van der Waals surface area contributed by atoms with E-state index in [0.717, 1.165) is 33.1 Å². The van der Waals surface area contributed by atoms with Crippen molar-refractivity contribution in [2.75, 3.05) is 0 Å². The first-order valence-corrected chi connectivity index (χ1v) is 8.58. The van der Waals surface area contributed by atoms with Crippen LogP contribution in [0.1, 0.15) is 22.3 Å². The monoisotopic (exact) mass is 349 g/mol. The Morgan fingerprint density at radius 2 is 1.68 bits per heavy atom. The molecule has 3 aromatic carbocycles. The normalized spacial score (nSPS) is 11.0. The Morgan fingerprint density at radius 1 is 0.920 bits per heavy atom. The van der Waals surface area contributed by atoms with Gasteiger partial charge in [0, 0.05) is 16.8 Å². The van der Waals surface area contributed by atoms with E-state index < -0.39 is 0 Å². The molecule has 0 aliphatic rings. The number of nitrogens with zero attached hydrogens (tertiary/aromatic N) is 1. The molecule has 0 saturated carbocycles. The maximum atomic E-state index is 6.16. The minimum atomic E-state index is 0.529. The summed E-state index contributed by atoms with van der Waals surface area (Å²) in [6.45, 7) is 4.57. The second-order valence-corrected chi connectivity index (χ2v) is 6.36. The summed E-state index contributed by atoms with van der Waals surface area (Å²) >= 11 is 6.16. The largest absolute Gasteiger partial charge is 0.488 e. The van der Waals surface area contributed by atoms with Crippen LogP contribution in [-0.2, 0) is 6.61 Å². The highest BCUT2D eigenvalue weighted by atomic mass is 35.5. The van der Waals surface area contributed by atoms with Gasteiger partial charge in [0.2, 0.25) is 0 Å². The summed E-state index contributed by atoms with van der Waals surface area (Å²) in [6, 6.07) is 22.0. The van der Waals surface area contributed by atoms with Gasteiger partial charge in [-0.25, -0.2) is 0 Å². The van der Waals surface area contributed by atoms with Gasteiger partial charge in [-0.3, -0.25) is 4.99 Å². The average molecular weight is 350 g/mol. The highest BCUT2D eigenvalue weighted by molar-refractivity contribution is 6.31. The van der Waals surface area contributed by atoms with Crippen LogP contribution in [0.5, 0.6) is 5.75 Å². The van der Waals surface area contributed by atoms with E-state index in [1.54, 1.807) is 0 Å². The molecule has 0 heterocycles. The first kappa shape index (κ1) is 17.2. The summed E-state index contributed by atoms with van der Waals surface area (Å²) in [7, 11) is 0. The molecule has 3 aromatic rings. The quantitative estimate of drug-likeness (QED) is 0.496. The van der Waals surface area contributed by atoms with E-state index in [9.17, 15) is 0 Å². The molecule has 0 aliphatic heterocycles. The highest BCUT2D eigenvalue weighted by Gasteiger charge is 2.03. The van der Waals surface area contributed by atoms with Crippen LogP contribution in [0.2, 0.25) is 5.02 Å². The Morgan fingerprint density at radius 3 is 2.48 bits per heavy atom. The zero-order chi connectivity index (χ0) is 17.6. The number of hydrogen-bond donors (Lipinski definition) is 0. The lowest BCUT2D eigenvalue weighted by molar-refractivity contribution is 0.306. The minimum Gasteiger partial charge on any atom is -0.488 e. The fourth-order valence-corrected chi connectivity index (χ4v) is 2.61. The Hall–Kier alpha value is -2.58. The molecular weight excluding hydrogens is 330 g/mol. The van der Waals surface area contributed by atoms with Gasteiger partial charge >= 0.3 is 0 Å². The number of aryl methyl sites for hydroxylation is 1. The van der Waals surface area contributed by atoms with E-state index in [0.29, 0.717) is 6.61 Å². The topological polar surface area (TPSA) is 21.6 Å². The molecule has 3 rings (SSSR count). The van der Waals surface area contributed by atoms with Gasteiger partial charge in [0.15, 0.2) is 0 Å². The molecule has 0 amide bonds. The molecule has 0 radical (unpaired) electrons. The number of halogens is 1. The molecule has 0 atom stereocenters. The van der Waals surface area contributed by atoms with Crippen molar-refractivity contribution in [1.82, 2.24) is 0 Å². The van der Waals surface area contributed by atoms with Crippen LogP contribution in [0.25, 0.3) is 0 Å². The van der Waals surface area contributed by atoms with E-state index in [1.807, 2.05) is 55.6 Å². The zero-order valence-corrected chi connectivity index (χ0v) is 15.1. The third-order valence-corrected chi connectivity index (χ3v) is 4.43. The van der Waals surface area contributed by atoms with E-state index in [1.165, 1.54) is 5.56 Å². The van der Waals surface area contributed by atoms with Crippen molar-refractivity contribution in [3.05, 3.63) is 94.0 Å². The van der Waals surface area contributed by atoms with Crippen LogP contribution in [0.4, 0.5) is 5.69 Å². The second-order valence-electron chi connectivity index (χ2n) is 5.95. The van der Waals surface area contributed by atoms with Gasteiger partial charge in [-0.15, -0.1) is 0 Å². The summed E-state index contributed by atoms with van der Waals surface area (Å²) in [5.41, 5.74) is 5.16. The summed E-state index contributed by atoms with van der Waals surface area (Å²) in [5, 5.41) is 0.721. The average Bonchev–Trinajstić information content (AvgIpc) is 2.63. The van der Waals surface area contributed by atoms with Gasteiger partial charge in [-0.2, -0.15) is 0 Å². The van der Waals surface area contributed by atoms with Gasteiger partial charge in [0.05, 0.1) is 5.69 Å². The van der Waals surface area contributed by atoms with E-state index in [4.69, 9.17) is 16.3 Å². The molecule has 0 spiro atoms. The fraction of sp³-hybridized carbons (Fsp3) is 0.136. The lowest BCUT2D eigenvalue weighted by atomic mass is 10.1. The van der Waals surface area contributed by atoms with E-state index in [2.05, 4.69) is 36.2 Å². The molecule has 126 valence electrons. The first-order valence-electron chi connectivity index (χ1n) is 8.20. The maximum absolute atomic E-state index is 6.16. The molecule has 0 aliphatic carbocycles. The van der Waals surface area contributed by atoms with Crippen LogP contribution >= 0.6 is 11.6 Å². The zero-order valence-electron chi connectivity index (χ0n) is 14.4. The molecule has 0 aromatic heterocycles. The van der Waals surface area contributed by atoms with Crippen molar-refractivity contribution in [1.29, 1.82) is 0 Å². The van der Waals surface area contributed by atoms with Crippen molar-refractivity contribution in [2.24, 2.45) is 4.99 Å². The SMILES string of the molecule is Cc1ccc(COc2ccccc2C=Nc2cccc(Cl)c2C)cc1. The summed E-state index contributed by atoms with van der Waals surface area (Å²) in [4.78, 5) is 4.57. The third-order valence-electron chi connectivity index (χ3n) is 4.02. The Kier molecular flexibility index (Phi) is 5.52. The standard InChI is InChI=1S/C22H20ClNO/c1-16-10-12-18(13-11-16)15-25-22-9-4-3-6-19(22)14-24-21-8-5-7-20(23)17(21)2/h3-14H,15H2,1-2H3. The number of para-hydroxylation sites is 1. The molecule has 0 unspecified atom stereocenters. The Balaban J connectivity index is 1.77. The lowest BCUT2D eigenvalue weighted by Crippen LogP contribution is -1.98.